The number of benzene rings is 2. The minimum atomic E-state index is -0.576. The Hall–Kier alpha value is -2.07. The highest BCUT2D eigenvalue weighted by molar-refractivity contribution is 5.38. The first-order chi connectivity index (χ1) is 10.1. The minimum absolute atomic E-state index is 0.177. The van der Waals surface area contributed by atoms with Gasteiger partial charge in [0, 0.05) is 5.56 Å². The molecule has 0 aliphatic rings. The number of aliphatic hydroxyl groups is 1. The molecule has 0 saturated heterocycles. The normalized spacial score (nSPS) is 12.0. The fourth-order valence-electron chi connectivity index (χ4n) is 1.99. The van der Waals surface area contributed by atoms with Crippen LogP contribution in [0.15, 0.2) is 42.5 Å². The molecule has 2 aromatic carbocycles. The molecule has 1 atom stereocenters. The van der Waals surface area contributed by atoms with Crippen LogP contribution in [0.2, 0.25) is 0 Å². The Labute approximate surface area is 124 Å². The summed E-state index contributed by atoms with van der Waals surface area (Å²) in [5.41, 5.74) is 1.55. The van der Waals surface area contributed by atoms with Crippen molar-refractivity contribution in [3.05, 3.63) is 59.4 Å². The van der Waals surface area contributed by atoms with E-state index in [-0.39, 0.29) is 12.4 Å². The van der Waals surface area contributed by atoms with E-state index < -0.39 is 11.9 Å². The van der Waals surface area contributed by atoms with E-state index in [1.807, 2.05) is 19.1 Å². The van der Waals surface area contributed by atoms with E-state index in [2.05, 4.69) is 0 Å². The van der Waals surface area contributed by atoms with Crippen LogP contribution in [0.4, 0.5) is 4.39 Å². The third kappa shape index (κ3) is 3.95. The lowest BCUT2D eigenvalue weighted by Gasteiger charge is -2.14. The summed E-state index contributed by atoms with van der Waals surface area (Å²) >= 11 is 0. The van der Waals surface area contributed by atoms with Crippen molar-refractivity contribution >= 4 is 0 Å². The summed E-state index contributed by atoms with van der Waals surface area (Å²) in [7, 11) is 0. The summed E-state index contributed by atoms with van der Waals surface area (Å²) in [5, 5.41) is 9.66. The van der Waals surface area contributed by atoms with Crippen LogP contribution in [0.25, 0.3) is 0 Å². The third-order valence-corrected chi connectivity index (χ3v) is 3.09. The first-order valence-electron chi connectivity index (χ1n) is 6.92. The van der Waals surface area contributed by atoms with E-state index in [4.69, 9.17) is 9.47 Å². The van der Waals surface area contributed by atoms with Gasteiger partial charge in [0.2, 0.25) is 0 Å². The predicted octanol–water partition coefficient (Wildman–Crippen LogP) is 3.86. The second kappa shape index (κ2) is 7.09. The molecule has 2 aromatic rings. The van der Waals surface area contributed by atoms with Crippen molar-refractivity contribution in [2.45, 2.75) is 26.6 Å². The first kappa shape index (κ1) is 15.3. The minimum Gasteiger partial charge on any atom is -0.493 e. The lowest BCUT2D eigenvalue weighted by atomic mass is 10.1. The average Bonchev–Trinajstić information content (AvgIpc) is 2.47. The molecule has 4 heteroatoms. The zero-order chi connectivity index (χ0) is 15.2. The Morgan fingerprint density at radius 3 is 2.52 bits per heavy atom. The zero-order valence-electron chi connectivity index (χ0n) is 12.2. The topological polar surface area (TPSA) is 38.7 Å². The molecule has 0 aliphatic carbocycles. The van der Waals surface area contributed by atoms with Gasteiger partial charge in [0.15, 0.2) is 11.6 Å². The molecule has 0 bridgehead atoms. The van der Waals surface area contributed by atoms with Gasteiger partial charge in [0.25, 0.3) is 0 Å². The van der Waals surface area contributed by atoms with Crippen molar-refractivity contribution in [1.82, 2.24) is 0 Å². The summed E-state index contributed by atoms with van der Waals surface area (Å²) < 4.78 is 24.6. The highest BCUT2D eigenvalue weighted by Gasteiger charge is 2.10. The van der Waals surface area contributed by atoms with Gasteiger partial charge in [-0.15, -0.1) is 0 Å². The van der Waals surface area contributed by atoms with E-state index in [1.54, 1.807) is 31.2 Å². The molecular formula is C17H19FO3. The highest BCUT2D eigenvalue weighted by atomic mass is 19.1. The van der Waals surface area contributed by atoms with Gasteiger partial charge in [-0.05, 0) is 43.7 Å². The van der Waals surface area contributed by atoms with Crippen LogP contribution in [0.1, 0.15) is 31.1 Å². The number of rotatable bonds is 6. The second-order valence-corrected chi connectivity index (χ2v) is 4.70. The summed E-state index contributed by atoms with van der Waals surface area (Å²) in [5.74, 6) is 0.475. The molecule has 21 heavy (non-hydrogen) atoms. The molecule has 0 fully saturated rings. The fraction of sp³-hybridized carbons (Fsp3) is 0.294. The highest BCUT2D eigenvalue weighted by Crippen LogP contribution is 2.26. The Kier molecular flexibility index (Phi) is 5.17. The van der Waals surface area contributed by atoms with E-state index in [9.17, 15) is 9.50 Å². The average molecular weight is 290 g/mol. The molecule has 1 unspecified atom stereocenters. The van der Waals surface area contributed by atoms with Gasteiger partial charge in [-0.2, -0.15) is 0 Å². The van der Waals surface area contributed by atoms with Gasteiger partial charge < -0.3 is 14.6 Å². The van der Waals surface area contributed by atoms with Crippen molar-refractivity contribution in [2.75, 3.05) is 6.61 Å². The Morgan fingerprint density at radius 2 is 1.86 bits per heavy atom. The number of hydrogen-bond donors (Lipinski definition) is 1. The van der Waals surface area contributed by atoms with Crippen LogP contribution in [0.5, 0.6) is 11.5 Å². The van der Waals surface area contributed by atoms with Crippen molar-refractivity contribution in [3.63, 3.8) is 0 Å². The number of halogens is 1. The second-order valence-electron chi connectivity index (χ2n) is 4.70. The number of aliphatic hydroxyl groups excluding tert-OH is 1. The molecule has 0 radical (unpaired) electrons. The maximum atomic E-state index is 13.6. The van der Waals surface area contributed by atoms with Crippen molar-refractivity contribution in [2.24, 2.45) is 0 Å². The van der Waals surface area contributed by atoms with Gasteiger partial charge in [-0.3, -0.25) is 0 Å². The lowest BCUT2D eigenvalue weighted by molar-refractivity contribution is 0.198. The molecule has 2 rings (SSSR count). The molecule has 0 aromatic heterocycles. The maximum Gasteiger partial charge on any atom is 0.165 e. The summed E-state index contributed by atoms with van der Waals surface area (Å²) in [6.45, 7) is 4.29. The number of ether oxygens (including phenoxy) is 2. The molecule has 0 spiro atoms. The van der Waals surface area contributed by atoms with Crippen LogP contribution < -0.4 is 9.47 Å². The largest absolute Gasteiger partial charge is 0.493 e. The van der Waals surface area contributed by atoms with Gasteiger partial charge in [0.05, 0.1) is 12.7 Å². The molecule has 112 valence electrons. The SMILES string of the molecule is CCOc1ccc(C(C)O)cc1COc1ccccc1F. The molecule has 3 nitrogen and oxygen atoms in total. The van der Waals surface area contributed by atoms with Crippen LogP contribution in [-0.4, -0.2) is 11.7 Å². The molecule has 0 aliphatic heterocycles. The maximum absolute atomic E-state index is 13.6. The van der Waals surface area contributed by atoms with Crippen LogP contribution in [0, 0.1) is 5.82 Å². The molecular weight excluding hydrogens is 271 g/mol. The van der Waals surface area contributed by atoms with E-state index in [1.165, 1.54) is 6.07 Å². The monoisotopic (exact) mass is 290 g/mol. The standard InChI is InChI=1S/C17H19FO3/c1-3-20-16-9-8-13(12(2)19)10-14(16)11-21-17-7-5-4-6-15(17)18/h4-10,12,19H,3,11H2,1-2H3. The van der Waals surface area contributed by atoms with Crippen molar-refractivity contribution in [1.29, 1.82) is 0 Å². The van der Waals surface area contributed by atoms with Crippen LogP contribution in [-0.2, 0) is 6.61 Å². The Bertz CT molecular complexity index is 596. The zero-order valence-corrected chi connectivity index (χ0v) is 12.2. The quantitative estimate of drug-likeness (QED) is 0.878. The summed E-state index contributed by atoms with van der Waals surface area (Å²) in [4.78, 5) is 0. The Balaban J connectivity index is 2.20. The van der Waals surface area contributed by atoms with Gasteiger partial charge in [0.1, 0.15) is 12.4 Å². The van der Waals surface area contributed by atoms with Crippen molar-refractivity contribution in [3.8, 4) is 11.5 Å². The lowest BCUT2D eigenvalue weighted by Crippen LogP contribution is -2.04. The molecule has 1 N–H and O–H groups in total. The molecule has 0 heterocycles. The van der Waals surface area contributed by atoms with Gasteiger partial charge in [-0.25, -0.2) is 4.39 Å². The third-order valence-electron chi connectivity index (χ3n) is 3.09. The number of hydrogen-bond acceptors (Lipinski definition) is 3. The van der Waals surface area contributed by atoms with E-state index >= 15 is 0 Å². The summed E-state index contributed by atoms with van der Waals surface area (Å²) in [6, 6.07) is 11.7. The first-order valence-corrected chi connectivity index (χ1v) is 6.92. The Morgan fingerprint density at radius 1 is 1.10 bits per heavy atom. The van der Waals surface area contributed by atoms with Crippen LogP contribution >= 0.6 is 0 Å². The molecule has 0 amide bonds. The smallest absolute Gasteiger partial charge is 0.165 e. The van der Waals surface area contributed by atoms with E-state index in [0.717, 1.165) is 11.1 Å². The van der Waals surface area contributed by atoms with Crippen molar-refractivity contribution < 1.29 is 19.0 Å². The predicted molar refractivity (Wildman–Crippen MR) is 79.0 cm³/mol. The van der Waals surface area contributed by atoms with Gasteiger partial charge >= 0.3 is 0 Å². The summed E-state index contributed by atoms with van der Waals surface area (Å²) in [6.07, 6.45) is -0.576. The fourth-order valence-corrected chi connectivity index (χ4v) is 1.99. The van der Waals surface area contributed by atoms with Crippen LogP contribution in [0.3, 0.4) is 0 Å². The molecule has 0 saturated carbocycles. The number of para-hydroxylation sites is 1. The van der Waals surface area contributed by atoms with E-state index in [0.29, 0.717) is 12.4 Å². The van der Waals surface area contributed by atoms with Gasteiger partial charge in [-0.1, -0.05) is 18.2 Å².